The van der Waals surface area contributed by atoms with Crippen LogP contribution in [0.3, 0.4) is 0 Å². The largest absolute Gasteiger partial charge is 0.341 e. The Kier molecular flexibility index (Phi) is 5.09. The molecule has 0 radical (unpaired) electrons. The molecule has 0 aliphatic carbocycles. The summed E-state index contributed by atoms with van der Waals surface area (Å²) in [7, 11) is 1.73. The fourth-order valence-corrected chi connectivity index (χ4v) is 2.15. The minimum Gasteiger partial charge on any atom is -0.341 e. The first-order valence-electron chi connectivity index (χ1n) is 4.77. The molecular weight excluding hydrogens is 313 g/mol. The first kappa shape index (κ1) is 13.8. The van der Waals surface area contributed by atoms with Gasteiger partial charge in [-0.3, -0.25) is 4.79 Å². The normalized spacial score (nSPS) is 12.3. The van der Waals surface area contributed by atoms with Gasteiger partial charge in [-0.2, -0.15) is 0 Å². The van der Waals surface area contributed by atoms with Crippen molar-refractivity contribution >= 4 is 45.0 Å². The zero-order chi connectivity index (χ0) is 12.3. The molecule has 0 heterocycles. The van der Waals surface area contributed by atoms with Gasteiger partial charge < -0.3 is 4.90 Å². The number of rotatable bonds is 3. The molecule has 1 aromatic carbocycles. The van der Waals surface area contributed by atoms with Gasteiger partial charge in [0.15, 0.2) is 0 Å². The topological polar surface area (TPSA) is 20.3 Å². The van der Waals surface area contributed by atoms with Crippen molar-refractivity contribution < 1.29 is 4.79 Å². The van der Waals surface area contributed by atoms with E-state index in [9.17, 15) is 4.79 Å². The van der Waals surface area contributed by atoms with Crippen molar-refractivity contribution in [2.45, 2.75) is 11.8 Å². The molecule has 5 heteroatoms. The van der Waals surface area contributed by atoms with Crippen molar-refractivity contribution in [1.29, 1.82) is 0 Å². The van der Waals surface area contributed by atoms with E-state index in [2.05, 4.69) is 15.9 Å². The van der Waals surface area contributed by atoms with E-state index >= 15 is 0 Å². The standard InChI is InChI=1S/C11H12BrCl2NO/c1-7(12)6-15(2)11(16)8-4-3-5-9(13)10(8)14/h3-5,7H,6H2,1-2H3. The van der Waals surface area contributed by atoms with Gasteiger partial charge in [0.2, 0.25) is 0 Å². The van der Waals surface area contributed by atoms with Gasteiger partial charge in [0.1, 0.15) is 0 Å². The highest BCUT2D eigenvalue weighted by atomic mass is 79.9. The summed E-state index contributed by atoms with van der Waals surface area (Å²) in [5.41, 5.74) is 0.435. The monoisotopic (exact) mass is 323 g/mol. The van der Waals surface area contributed by atoms with Crippen LogP contribution in [0.4, 0.5) is 0 Å². The molecule has 0 aromatic heterocycles. The molecule has 2 nitrogen and oxygen atoms in total. The first-order valence-corrected chi connectivity index (χ1v) is 6.44. The summed E-state index contributed by atoms with van der Waals surface area (Å²) in [6.45, 7) is 2.59. The fraction of sp³-hybridized carbons (Fsp3) is 0.364. The van der Waals surface area contributed by atoms with Gasteiger partial charge in [-0.1, -0.05) is 52.1 Å². The molecule has 0 N–H and O–H groups in total. The summed E-state index contributed by atoms with van der Waals surface area (Å²) in [4.78, 5) is 13.9. The van der Waals surface area contributed by atoms with Crippen LogP contribution in [0, 0.1) is 0 Å². The number of alkyl halides is 1. The molecule has 16 heavy (non-hydrogen) atoms. The van der Waals surface area contributed by atoms with Crippen molar-refractivity contribution in [2.24, 2.45) is 0 Å². The maximum absolute atomic E-state index is 12.0. The molecular formula is C11H12BrCl2NO. The number of halogens is 3. The summed E-state index contributed by atoms with van der Waals surface area (Å²) < 4.78 is 0. The average molecular weight is 325 g/mol. The predicted molar refractivity (Wildman–Crippen MR) is 71.8 cm³/mol. The zero-order valence-electron chi connectivity index (χ0n) is 9.01. The highest BCUT2D eigenvalue weighted by Crippen LogP contribution is 2.26. The Hall–Kier alpha value is -0.250. The number of hydrogen-bond acceptors (Lipinski definition) is 1. The predicted octanol–water partition coefficient (Wildman–Crippen LogP) is 3.85. The fourth-order valence-electron chi connectivity index (χ4n) is 1.33. The second kappa shape index (κ2) is 5.89. The molecule has 0 saturated carbocycles. The Bertz CT molecular complexity index is 396. The molecule has 1 aromatic rings. The van der Waals surface area contributed by atoms with Crippen LogP contribution in [0.15, 0.2) is 18.2 Å². The molecule has 0 aliphatic heterocycles. The smallest absolute Gasteiger partial charge is 0.255 e. The lowest BCUT2D eigenvalue weighted by atomic mass is 10.2. The summed E-state index contributed by atoms with van der Waals surface area (Å²) in [6, 6.07) is 5.05. The van der Waals surface area contributed by atoms with Crippen LogP contribution in [0.2, 0.25) is 10.0 Å². The maximum Gasteiger partial charge on any atom is 0.255 e. The van der Waals surface area contributed by atoms with E-state index in [1.54, 1.807) is 30.1 Å². The van der Waals surface area contributed by atoms with Crippen LogP contribution in [0.5, 0.6) is 0 Å². The number of benzene rings is 1. The molecule has 0 aliphatic rings. The molecule has 0 saturated heterocycles. The second-order valence-corrected chi connectivity index (χ2v) is 5.92. The number of carbonyl (C=O) groups is 1. The number of hydrogen-bond donors (Lipinski definition) is 0. The second-order valence-electron chi connectivity index (χ2n) is 3.57. The Labute approximate surface area is 114 Å². The van der Waals surface area contributed by atoms with Crippen LogP contribution in [-0.4, -0.2) is 29.2 Å². The van der Waals surface area contributed by atoms with Crippen molar-refractivity contribution in [3.05, 3.63) is 33.8 Å². The molecule has 0 spiro atoms. The van der Waals surface area contributed by atoms with E-state index in [0.29, 0.717) is 22.2 Å². The Morgan fingerprint density at radius 3 is 2.69 bits per heavy atom. The van der Waals surface area contributed by atoms with E-state index in [1.165, 1.54) is 0 Å². The van der Waals surface area contributed by atoms with Gasteiger partial charge in [-0.25, -0.2) is 0 Å². The minimum absolute atomic E-state index is 0.126. The number of carbonyl (C=O) groups excluding carboxylic acids is 1. The lowest BCUT2D eigenvalue weighted by Gasteiger charge is -2.19. The third kappa shape index (κ3) is 3.37. The van der Waals surface area contributed by atoms with Gasteiger partial charge in [-0.15, -0.1) is 0 Å². The Morgan fingerprint density at radius 2 is 2.12 bits per heavy atom. The van der Waals surface area contributed by atoms with Crippen molar-refractivity contribution in [1.82, 2.24) is 4.90 Å². The highest BCUT2D eigenvalue weighted by molar-refractivity contribution is 9.09. The minimum atomic E-state index is -0.126. The number of nitrogens with zero attached hydrogens (tertiary/aromatic N) is 1. The molecule has 88 valence electrons. The average Bonchev–Trinajstić information content (AvgIpc) is 2.20. The first-order chi connectivity index (χ1) is 7.43. The molecule has 0 fully saturated rings. The Balaban J connectivity index is 2.92. The lowest BCUT2D eigenvalue weighted by Crippen LogP contribution is -2.31. The van der Waals surface area contributed by atoms with Gasteiger partial charge in [0.25, 0.3) is 5.91 Å². The molecule has 0 bridgehead atoms. The van der Waals surface area contributed by atoms with Gasteiger partial charge in [-0.05, 0) is 12.1 Å². The third-order valence-corrected chi connectivity index (χ3v) is 3.16. The van der Waals surface area contributed by atoms with Gasteiger partial charge >= 0.3 is 0 Å². The van der Waals surface area contributed by atoms with Crippen LogP contribution < -0.4 is 0 Å². The van der Waals surface area contributed by atoms with Crippen molar-refractivity contribution in [3.63, 3.8) is 0 Å². The summed E-state index contributed by atoms with van der Waals surface area (Å²) in [6.07, 6.45) is 0. The van der Waals surface area contributed by atoms with E-state index in [4.69, 9.17) is 23.2 Å². The van der Waals surface area contributed by atoms with E-state index in [1.807, 2.05) is 6.92 Å². The van der Waals surface area contributed by atoms with E-state index < -0.39 is 0 Å². The molecule has 1 amide bonds. The highest BCUT2D eigenvalue weighted by Gasteiger charge is 2.17. The summed E-state index contributed by atoms with van der Waals surface area (Å²) in [5.74, 6) is -0.126. The molecule has 1 unspecified atom stereocenters. The lowest BCUT2D eigenvalue weighted by molar-refractivity contribution is 0.0797. The van der Waals surface area contributed by atoms with Crippen LogP contribution in [-0.2, 0) is 0 Å². The van der Waals surface area contributed by atoms with Crippen molar-refractivity contribution in [3.8, 4) is 0 Å². The zero-order valence-corrected chi connectivity index (χ0v) is 12.1. The summed E-state index contributed by atoms with van der Waals surface area (Å²) >= 11 is 15.2. The van der Waals surface area contributed by atoms with Crippen LogP contribution >= 0.6 is 39.1 Å². The van der Waals surface area contributed by atoms with Crippen LogP contribution in [0.1, 0.15) is 17.3 Å². The van der Waals surface area contributed by atoms with E-state index in [0.717, 1.165) is 0 Å². The van der Waals surface area contributed by atoms with Gasteiger partial charge in [0, 0.05) is 18.4 Å². The van der Waals surface area contributed by atoms with Gasteiger partial charge in [0.05, 0.1) is 15.6 Å². The van der Waals surface area contributed by atoms with Crippen molar-refractivity contribution in [2.75, 3.05) is 13.6 Å². The SMILES string of the molecule is CC(Br)CN(C)C(=O)c1cccc(Cl)c1Cl. The molecule has 1 atom stereocenters. The summed E-state index contributed by atoms with van der Waals surface area (Å²) in [5, 5.41) is 0.705. The Morgan fingerprint density at radius 1 is 1.50 bits per heavy atom. The van der Waals surface area contributed by atoms with E-state index in [-0.39, 0.29) is 10.7 Å². The maximum atomic E-state index is 12.0. The molecule has 1 rings (SSSR count). The number of amides is 1. The third-order valence-electron chi connectivity index (χ3n) is 2.05. The van der Waals surface area contributed by atoms with Crippen LogP contribution in [0.25, 0.3) is 0 Å². The quantitative estimate of drug-likeness (QED) is 0.773.